The van der Waals surface area contributed by atoms with Crippen LogP contribution in [0.3, 0.4) is 0 Å². The lowest BCUT2D eigenvalue weighted by atomic mass is 10.1. The summed E-state index contributed by atoms with van der Waals surface area (Å²) in [5, 5.41) is 6.59. The number of hydrogen-bond acceptors (Lipinski definition) is 4. The van der Waals surface area contributed by atoms with Gasteiger partial charge in [0.1, 0.15) is 16.4 Å². The molecule has 88 valence electrons. The zero-order valence-corrected chi connectivity index (χ0v) is 9.92. The quantitative estimate of drug-likeness (QED) is 0.908. The molecule has 0 fully saturated rings. The molecule has 0 bridgehead atoms. The number of amides is 1. The lowest BCUT2D eigenvalue weighted by Gasteiger charge is -2.01. The third-order valence-electron chi connectivity index (χ3n) is 2.15. The number of rotatable bonds is 3. The van der Waals surface area contributed by atoms with E-state index in [-0.39, 0.29) is 11.7 Å². The average Bonchev–Trinajstić information content (AvgIpc) is 2.79. The molecule has 0 saturated heterocycles. The Morgan fingerprint density at radius 1 is 1.41 bits per heavy atom. The summed E-state index contributed by atoms with van der Waals surface area (Å²) in [7, 11) is 0. The molecule has 1 heterocycles. The number of aromatic nitrogens is 2. The van der Waals surface area contributed by atoms with Crippen LogP contribution in [0.15, 0.2) is 24.3 Å². The van der Waals surface area contributed by atoms with Crippen LogP contribution in [0.4, 0.5) is 4.39 Å². The minimum absolute atomic E-state index is 0.207. The van der Waals surface area contributed by atoms with Gasteiger partial charge < -0.3 is 5.32 Å². The van der Waals surface area contributed by atoms with E-state index in [1.165, 1.54) is 12.1 Å². The predicted octanol–water partition coefficient (Wildman–Crippen LogP) is 2.09. The summed E-state index contributed by atoms with van der Waals surface area (Å²) in [5.74, 6) is -0.529. The Labute approximate surface area is 102 Å². The summed E-state index contributed by atoms with van der Waals surface area (Å²) in [6.45, 7) is 2.38. The minimum atomic E-state index is -0.323. The normalized spacial score (nSPS) is 10.2. The second-order valence-electron chi connectivity index (χ2n) is 3.32. The molecule has 0 radical (unpaired) electrons. The first-order valence-corrected chi connectivity index (χ1v) is 5.86. The van der Waals surface area contributed by atoms with Crippen LogP contribution in [-0.2, 0) is 0 Å². The predicted molar refractivity (Wildman–Crippen MR) is 63.3 cm³/mol. The van der Waals surface area contributed by atoms with Crippen molar-refractivity contribution in [1.82, 2.24) is 14.9 Å². The molecule has 0 spiro atoms. The Morgan fingerprint density at radius 3 is 2.76 bits per heavy atom. The van der Waals surface area contributed by atoms with Gasteiger partial charge in [-0.1, -0.05) is 4.49 Å². The smallest absolute Gasteiger partial charge is 0.265 e. The maximum absolute atomic E-state index is 12.8. The fraction of sp³-hybridized carbons (Fsp3) is 0.182. The molecule has 1 aromatic carbocycles. The van der Waals surface area contributed by atoms with E-state index in [0.717, 1.165) is 11.5 Å². The number of carbonyl (C=O) groups is 1. The molecule has 2 aromatic rings. The Hall–Kier alpha value is -1.82. The molecule has 0 saturated carbocycles. The number of halogens is 1. The molecule has 17 heavy (non-hydrogen) atoms. The van der Waals surface area contributed by atoms with Gasteiger partial charge in [-0.05, 0) is 42.7 Å². The Bertz CT molecular complexity index is 524. The molecule has 0 atom stereocenters. The highest BCUT2D eigenvalue weighted by molar-refractivity contribution is 7.08. The highest BCUT2D eigenvalue weighted by Crippen LogP contribution is 2.23. The van der Waals surface area contributed by atoms with Crippen LogP contribution in [0, 0.1) is 5.82 Å². The van der Waals surface area contributed by atoms with E-state index in [4.69, 9.17) is 0 Å². The van der Waals surface area contributed by atoms with Gasteiger partial charge in [-0.25, -0.2) is 4.39 Å². The number of benzene rings is 1. The number of nitrogens with zero attached hydrogens (tertiary/aromatic N) is 2. The van der Waals surface area contributed by atoms with Gasteiger partial charge in [0.25, 0.3) is 5.91 Å². The fourth-order valence-corrected chi connectivity index (χ4v) is 1.98. The maximum Gasteiger partial charge on any atom is 0.265 e. The average molecular weight is 251 g/mol. The lowest BCUT2D eigenvalue weighted by Crippen LogP contribution is -2.22. The van der Waals surface area contributed by atoms with Crippen LogP contribution in [-0.4, -0.2) is 22.0 Å². The highest BCUT2D eigenvalue weighted by atomic mass is 32.1. The summed E-state index contributed by atoms with van der Waals surface area (Å²) >= 11 is 1.03. The standard InChI is InChI=1S/C11H10FN3OS/c1-2-13-11(16)10-9(14-15-17-10)7-3-5-8(12)6-4-7/h3-6H,2H2,1H3,(H,13,16). The van der Waals surface area contributed by atoms with Crippen LogP contribution in [0.25, 0.3) is 11.3 Å². The van der Waals surface area contributed by atoms with E-state index < -0.39 is 0 Å². The monoisotopic (exact) mass is 251 g/mol. The second kappa shape index (κ2) is 5.01. The SMILES string of the molecule is CCNC(=O)c1snnc1-c1ccc(F)cc1. The topological polar surface area (TPSA) is 54.9 Å². The van der Waals surface area contributed by atoms with E-state index in [1.54, 1.807) is 12.1 Å². The van der Waals surface area contributed by atoms with Gasteiger partial charge in [0.2, 0.25) is 0 Å². The van der Waals surface area contributed by atoms with Crippen molar-refractivity contribution in [2.24, 2.45) is 0 Å². The van der Waals surface area contributed by atoms with Gasteiger partial charge in [-0.15, -0.1) is 5.10 Å². The number of nitrogens with one attached hydrogen (secondary N) is 1. The van der Waals surface area contributed by atoms with Gasteiger partial charge in [0.15, 0.2) is 0 Å². The molecule has 1 N–H and O–H groups in total. The van der Waals surface area contributed by atoms with Crippen molar-refractivity contribution < 1.29 is 9.18 Å². The summed E-state index contributed by atoms with van der Waals surface area (Å²) in [6, 6.07) is 5.82. The van der Waals surface area contributed by atoms with Crippen molar-refractivity contribution in [3.63, 3.8) is 0 Å². The molecule has 4 nitrogen and oxygen atoms in total. The molecular formula is C11H10FN3OS. The first-order valence-electron chi connectivity index (χ1n) is 5.09. The highest BCUT2D eigenvalue weighted by Gasteiger charge is 2.16. The molecular weight excluding hydrogens is 241 g/mol. The molecule has 0 aliphatic heterocycles. The van der Waals surface area contributed by atoms with E-state index in [9.17, 15) is 9.18 Å². The molecule has 0 unspecified atom stereocenters. The lowest BCUT2D eigenvalue weighted by molar-refractivity contribution is 0.0960. The van der Waals surface area contributed by atoms with Gasteiger partial charge in [0, 0.05) is 12.1 Å². The van der Waals surface area contributed by atoms with E-state index in [2.05, 4.69) is 14.9 Å². The maximum atomic E-state index is 12.8. The van der Waals surface area contributed by atoms with Gasteiger partial charge in [0.05, 0.1) is 0 Å². The van der Waals surface area contributed by atoms with Crippen LogP contribution >= 0.6 is 11.5 Å². The van der Waals surface area contributed by atoms with Crippen LogP contribution < -0.4 is 5.32 Å². The zero-order valence-electron chi connectivity index (χ0n) is 9.11. The van der Waals surface area contributed by atoms with Crippen molar-refractivity contribution >= 4 is 17.4 Å². The largest absolute Gasteiger partial charge is 0.351 e. The van der Waals surface area contributed by atoms with Crippen molar-refractivity contribution in [3.05, 3.63) is 35.0 Å². The fourth-order valence-electron chi connectivity index (χ4n) is 1.38. The van der Waals surface area contributed by atoms with Crippen LogP contribution in [0.5, 0.6) is 0 Å². The molecule has 0 aliphatic carbocycles. The summed E-state index contributed by atoms with van der Waals surface area (Å²) in [6.07, 6.45) is 0. The van der Waals surface area contributed by atoms with Gasteiger partial charge in [-0.2, -0.15) is 0 Å². The Kier molecular flexibility index (Phi) is 3.43. The third kappa shape index (κ3) is 2.47. The summed E-state index contributed by atoms with van der Waals surface area (Å²) < 4.78 is 16.6. The van der Waals surface area contributed by atoms with Gasteiger partial charge in [-0.3, -0.25) is 4.79 Å². The second-order valence-corrected chi connectivity index (χ2v) is 4.07. The number of hydrogen-bond donors (Lipinski definition) is 1. The van der Waals surface area contributed by atoms with Crippen molar-refractivity contribution in [3.8, 4) is 11.3 Å². The van der Waals surface area contributed by atoms with Crippen molar-refractivity contribution in [2.45, 2.75) is 6.92 Å². The Balaban J connectivity index is 2.36. The first kappa shape index (κ1) is 11.7. The van der Waals surface area contributed by atoms with E-state index >= 15 is 0 Å². The summed E-state index contributed by atoms with van der Waals surface area (Å²) in [5.41, 5.74) is 1.17. The van der Waals surface area contributed by atoms with E-state index in [0.29, 0.717) is 22.7 Å². The third-order valence-corrected chi connectivity index (χ3v) is 2.87. The van der Waals surface area contributed by atoms with Gasteiger partial charge >= 0.3 is 0 Å². The van der Waals surface area contributed by atoms with Crippen molar-refractivity contribution in [2.75, 3.05) is 6.54 Å². The molecule has 1 amide bonds. The zero-order chi connectivity index (χ0) is 12.3. The van der Waals surface area contributed by atoms with E-state index in [1.807, 2.05) is 6.92 Å². The van der Waals surface area contributed by atoms with Crippen LogP contribution in [0.2, 0.25) is 0 Å². The minimum Gasteiger partial charge on any atom is -0.351 e. The molecule has 1 aromatic heterocycles. The number of carbonyl (C=O) groups excluding carboxylic acids is 1. The summed E-state index contributed by atoms with van der Waals surface area (Å²) in [4.78, 5) is 12.2. The molecule has 0 aliphatic rings. The molecule has 6 heteroatoms. The van der Waals surface area contributed by atoms with Crippen LogP contribution in [0.1, 0.15) is 16.6 Å². The molecule has 2 rings (SSSR count). The first-order chi connectivity index (χ1) is 8.22. The Morgan fingerprint density at radius 2 is 2.12 bits per heavy atom. The van der Waals surface area contributed by atoms with Crippen molar-refractivity contribution in [1.29, 1.82) is 0 Å².